The van der Waals surface area contributed by atoms with Gasteiger partial charge in [0.1, 0.15) is 22.0 Å². The highest BCUT2D eigenvalue weighted by Gasteiger charge is 2.26. The maximum Gasteiger partial charge on any atom is 0.296 e. The first kappa shape index (κ1) is 33.8. The van der Waals surface area contributed by atoms with Crippen LogP contribution < -0.4 is 10.1 Å². The highest BCUT2D eigenvalue weighted by Crippen LogP contribution is 2.45. The highest BCUT2D eigenvalue weighted by molar-refractivity contribution is 7.91. The van der Waals surface area contributed by atoms with Crippen molar-refractivity contribution in [2.45, 2.75) is 35.5 Å². The largest absolute Gasteiger partial charge is 0.505 e. The molecular weight excluding hydrogens is 628 g/mol. The molecule has 0 bridgehead atoms. The van der Waals surface area contributed by atoms with Crippen LogP contribution in [0.25, 0.3) is 10.8 Å². The van der Waals surface area contributed by atoms with Crippen LogP contribution in [-0.4, -0.2) is 82.8 Å². The minimum atomic E-state index is -5.15. The molecule has 0 aliphatic heterocycles. The molecule has 3 aromatic carbocycles. The second-order valence-electron chi connectivity index (χ2n) is 9.15. The molecule has 1 amide bonds. The standard InChI is InChI=1S/C25H30N4O11S3/c1-5-29(6-2)9-10-41(32,33)17-7-8-21(40-4)19(13-17)27-28-24-22(43(37,38)39)12-16-11-18(42(34,35)36)14-20(26-15(3)30)23(16)25(24)31/h7-8,11-14,31H,5-6,9-10H2,1-4H3,(H,26,30)(H,34,35,36)(H,37,38,39). The van der Waals surface area contributed by atoms with E-state index < -0.39 is 57.2 Å². The number of methoxy groups -OCH3 is 1. The number of carbonyl (C=O) groups excluding carboxylic acids is 1. The quantitative estimate of drug-likeness (QED) is 0.162. The van der Waals surface area contributed by atoms with Crippen molar-refractivity contribution in [2.75, 3.05) is 37.8 Å². The summed E-state index contributed by atoms with van der Waals surface area (Å²) in [6.45, 7) is 6.46. The summed E-state index contributed by atoms with van der Waals surface area (Å²) in [5.74, 6) is -1.81. The SMILES string of the molecule is CCN(CC)CCS(=O)(=O)c1ccc(OC)c(N=Nc2c(S(=O)(=O)O)cc3cc(S(=O)(=O)O)cc(NC(C)=O)c3c2O)c1. The van der Waals surface area contributed by atoms with Crippen LogP contribution in [0.15, 0.2) is 61.3 Å². The van der Waals surface area contributed by atoms with E-state index in [0.717, 1.165) is 31.2 Å². The van der Waals surface area contributed by atoms with Crippen LogP contribution in [0.4, 0.5) is 17.1 Å². The van der Waals surface area contributed by atoms with Crippen LogP contribution in [0.2, 0.25) is 0 Å². The minimum absolute atomic E-state index is 0.0388. The number of phenolic OH excluding ortho intramolecular Hbond substituents is 1. The Kier molecular flexibility index (Phi) is 10.1. The number of sulfone groups is 1. The molecule has 0 saturated heterocycles. The fourth-order valence-corrected chi connectivity index (χ4v) is 6.64. The third-order valence-electron chi connectivity index (χ3n) is 6.35. The summed E-state index contributed by atoms with van der Waals surface area (Å²) in [5, 5.41) is 20.5. The van der Waals surface area contributed by atoms with Crippen LogP contribution >= 0.6 is 0 Å². The molecule has 0 spiro atoms. The number of nitrogens with zero attached hydrogens (tertiary/aromatic N) is 3. The average molecular weight is 659 g/mol. The second-order valence-corrected chi connectivity index (χ2v) is 14.1. The van der Waals surface area contributed by atoms with Gasteiger partial charge >= 0.3 is 0 Å². The molecule has 0 aliphatic carbocycles. The smallest absolute Gasteiger partial charge is 0.296 e. The number of phenols is 1. The predicted octanol–water partition coefficient (Wildman–Crippen LogP) is 3.54. The molecule has 234 valence electrons. The lowest BCUT2D eigenvalue weighted by Gasteiger charge is -2.17. The molecule has 43 heavy (non-hydrogen) atoms. The summed E-state index contributed by atoms with van der Waals surface area (Å²) in [7, 11) is -12.5. The number of ether oxygens (including phenoxy) is 1. The lowest BCUT2D eigenvalue weighted by Crippen LogP contribution is -2.29. The number of aromatic hydroxyl groups is 1. The topological polar surface area (TPSA) is 229 Å². The van der Waals surface area contributed by atoms with Gasteiger partial charge in [0.2, 0.25) is 5.91 Å². The lowest BCUT2D eigenvalue weighted by atomic mass is 10.1. The third kappa shape index (κ3) is 7.84. The van der Waals surface area contributed by atoms with Crippen LogP contribution in [-0.2, 0) is 34.9 Å². The molecule has 0 aliphatic rings. The molecule has 18 heteroatoms. The van der Waals surface area contributed by atoms with Gasteiger partial charge < -0.3 is 20.1 Å². The van der Waals surface area contributed by atoms with Gasteiger partial charge in [0, 0.05) is 18.9 Å². The number of azo groups is 1. The summed E-state index contributed by atoms with van der Waals surface area (Å²) >= 11 is 0. The van der Waals surface area contributed by atoms with Crippen molar-refractivity contribution in [2.24, 2.45) is 10.2 Å². The van der Waals surface area contributed by atoms with Gasteiger partial charge in [-0.25, -0.2) is 8.42 Å². The van der Waals surface area contributed by atoms with E-state index in [4.69, 9.17) is 4.74 Å². The number of carbonyl (C=O) groups is 1. The molecule has 15 nitrogen and oxygen atoms in total. The van der Waals surface area contributed by atoms with Gasteiger partial charge in [-0.05, 0) is 54.9 Å². The second kappa shape index (κ2) is 12.9. The molecular formula is C25H30N4O11S3. The maximum absolute atomic E-state index is 13.0. The molecule has 3 rings (SSSR count). The summed E-state index contributed by atoms with van der Waals surface area (Å²) in [4.78, 5) is 11.8. The zero-order chi connectivity index (χ0) is 32.3. The van der Waals surface area contributed by atoms with Crippen molar-refractivity contribution in [3.63, 3.8) is 0 Å². The van der Waals surface area contributed by atoms with Crippen molar-refractivity contribution in [1.29, 1.82) is 0 Å². The van der Waals surface area contributed by atoms with Crippen molar-refractivity contribution in [3.8, 4) is 11.5 Å². The fourth-order valence-electron chi connectivity index (χ4n) is 4.14. The van der Waals surface area contributed by atoms with Gasteiger partial charge in [-0.2, -0.15) is 16.8 Å². The van der Waals surface area contributed by atoms with Crippen LogP contribution in [0.1, 0.15) is 20.8 Å². The molecule has 0 aromatic heterocycles. The van der Waals surface area contributed by atoms with E-state index >= 15 is 0 Å². The molecule has 4 N–H and O–H groups in total. The van der Waals surface area contributed by atoms with Crippen molar-refractivity contribution < 1.29 is 49.0 Å². The Hall–Kier alpha value is -3.68. The van der Waals surface area contributed by atoms with Crippen molar-refractivity contribution in [1.82, 2.24) is 4.90 Å². The number of anilines is 1. The zero-order valence-corrected chi connectivity index (χ0v) is 25.9. The average Bonchev–Trinajstić information content (AvgIpc) is 2.91. The molecule has 0 atom stereocenters. The number of rotatable bonds is 12. The summed E-state index contributed by atoms with van der Waals surface area (Å²) in [6, 6.07) is 6.15. The van der Waals surface area contributed by atoms with E-state index in [1.165, 1.54) is 19.2 Å². The summed E-state index contributed by atoms with van der Waals surface area (Å²) in [5.41, 5.74) is -1.33. The number of benzene rings is 3. The first-order valence-corrected chi connectivity index (χ1v) is 17.1. The Bertz CT molecular complexity index is 1920. The van der Waals surface area contributed by atoms with Gasteiger partial charge in [-0.15, -0.1) is 10.2 Å². The van der Waals surface area contributed by atoms with Crippen molar-refractivity contribution in [3.05, 3.63) is 36.4 Å². The first-order chi connectivity index (χ1) is 19.9. The van der Waals surface area contributed by atoms with E-state index in [1.54, 1.807) is 0 Å². The van der Waals surface area contributed by atoms with Crippen LogP contribution in [0, 0.1) is 0 Å². The molecule has 3 aromatic rings. The predicted molar refractivity (Wildman–Crippen MR) is 157 cm³/mol. The van der Waals surface area contributed by atoms with E-state index in [0.29, 0.717) is 13.1 Å². The van der Waals surface area contributed by atoms with Crippen molar-refractivity contribution >= 4 is 63.8 Å². The van der Waals surface area contributed by atoms with Crippen LogP contribution in [0.3, 0.4) is 0 Å². The zero-order valence-electron chi connectivity index (χ0n) is 23.5. The summed E-state index contributed by atoms with van der Waals surface area (Å²) in [6.07, 6.45) is 0. The molecule has 0 radical (unpaired) electrons. The molecule has 0 unspecified atom stereocenters. The minimum Gasteiger partial charge on any atom is -0.505 e. The van der Waals surface area contributed by atoms with E-state index in [1.807, 2.05) is 18.7 Å². The normalized spacial score (nSPS) is 12.7. The first-order valence-electron chi connectivity index (χ1n) is 12.5. The van der Waals surface area contributed by atoms with Gasteiger partial charge in [0.25, 0.3) is 20.2 Å². The third-order valence-corrected chi connectivity index (χ3v) is 9.74. The number of hydrogen-bond donors (Lipinski definition) is 4. The van der Waals surface area contributed by atoms with Crippen LogP contribution in [0.5, 0.6) is 11.5 Å². The Morgan fingerprint density at radius 3 is 2.12 bits per heavy atom. The van der Waals surface area contributed by atoms with Gasteiger partial charge in [0.05, 0.1) is 28.3 Å². The molecule has 0 saturated carbocycles. The Morgan fingerprint density at radius 2 is 1.58 bits per heavy atom. The number of fused-ring (bicyclic) bond motifs is 1. The lowest BCUT2D eigenvalue weighted by molar-refractivity contribution is -0.114. The molecule has 0 heterocycles. The number of nitrogens with one attached hydrogen (secondary N) is 1. The summed E-state index contributed by atoms with van der Waals surface area (Å²) < 4.78 is 98.9. The van der Waals surface area contributed by atoms with E-state index in [-0.39, 0.29) is 45.1 Å². The Balaban J connectivity index is 2.26. The van der Waals surface area contributed by atoms with E-state index in [2.05, 4.69) is 15.5 Å². The van der Waals surface area contributed by atoms with Gasteiger partial charge in [0.15, 0.2) is 15.6 Å². The van der Waals surface area contributed by atoms with Gasteiger partial charge in [-0.3, -0.25) is 13.9 Å². The Labute approximate surface area is 248 Å². The number of amides is 1. The Morgan fingerprint density at radius 1 is 0.930 bits per heavy atom. The molecule has 0 fully saturated rings. The monoisotopic (exact) mass is 658 g/mol. The number of hydrogen-bond acceptors (Lipinski definition) is 12. The maximum atomic E-state index is 13.0. The highest BCUT2D eigenvalue weighted by atomic mass is 32.2. The van der Waals surface area contributed by atoms with E-state index in [9.17, 15) is 44.3 Å². The van der Waals surface area contributed by atoms with Gasteiger partial charge in [-0.1, -0.05) is 13.8 Å². The fraction of sp³-hybridized carbons (Fsp3) is 0.320.